The van der Waals surface area contributed by atoms with Gasteiger partial charge in [0.25, 0.3) is 5.95 Å². The summed E-state index contributed by atoms with van der Waals surface area (Å²) in [4.78, 5) is 13.2. The molecule has 21 heavy (non-hydrogen) atoms. The van der Waals surface area contributed by atoms with Crippen molar-refractivity contribution in [2.45, 2.75) is 32.1 Å². The monoisotopic (exact) mass is 308 g/mol. The number of piperidine rings is 1. The van der Waals surface area contributed by atoms with Gasteiger partial charge in [-0.05, 0) is 18.0 Å². The third kappa shape index (κ3) is 2.99. The van der Waals surface area contributed by atoms with Crippen molar-refractivity contribution in [3.8, 4) is 0 Å². The predicted octanol–water partition coefficient (Wildman–Crippen LogP) is 1.93. The average Bonchev–Trinajstić information content (AvgIpc) is 3.17. The minimum atomic E-state index is 0.272. The Kier molecular flexibility index (Phi) is 4.05. The molecule has 8 heteroatoms. The maximum absolute atomic E-state index is 5.41. The number of aryl methyl sites for hydroxylation is 1. The van der Waals surface area contributed by atoms with E-state index >= 15 is 0 Å². The molecule has 2 aromatic heterocycles. The molecule has 7 nitrogen and oxygen atoms in total. The van der Waals surface area contributed by atoms with E-state index in [4.69, 9.17) is 4.52 Å². The molecule has 1 aliphatic rings. The number of hydrogen-bond acceptors (Lipinski definition) is 8. The quantitative estimate of drug-likeness (QED) is 0.854. The number of anilines is 2. The van der Waals surface area contributed by atoms with Crippen LogP contribution in [0.4, 0.5) is 11.1 Å². The van der Waals surface area contributed by atoms with Gasteiger partial charge in [-0.25, -0.2) is 4.98 Å². The van der Waals surface area contributed by atoms with Crippen LogP contribution in [0.25, 0.3) is 0 Å². The predicted molar refractivity (Wildman–Crippen MR) is 82.1 cm³/mol. The third-order valence-corrected chi connectivity index (χ3v) is 4.46. The second kappa shape index (κ2) is 5.97. The summed E-state index contributed by atoms with van der Waals surface area (Å²) in [5, 5.41) is 5.01. The molecule has 1 atom stereocenters. The highest BCUT2D eigenvalue weighted by Crippen LogP contribution is 2.30. The Morgan fingerprint density at radius 1 is 1.38 bits per heavy atom. The van der Waals surface area contributed by atoms with Gasteiger partial charge in [0.2, 0.25) is 11.0 Å². The van der Waals surface area contributed by atoms with Crippen molar-refractivity contribution in [2.75, 3.05) is 37.0 Å². The van der Waals surface area contributed by atoms with Crippen LogP contribution < -0.4 is 9.80 Å². The lowest BCUT2D eigenvalue weighted by Gasteiger charge is -2.30. The van der Waals surface area contributed by atoms with E-state index in [0.717, 1.165) is 49.2 Å². The Bertz CT molecular complexity index is 595. The van der Waals surface area contributed by atoms with Crippen LogP contribution in [-0.2, 0) is 6.42 Å². The first kappa shape index (κ1) is 14.2. The molecule has 1 saturated heterocycles. The second-order valence-electron chi connectivity index (χ2n) is 5.46. The zero-order chi connectivity index (χ0) is 14.8. The van der Waals surface area contributed by atoms with Crippen LogP contribution in [0.15, 0.2) is 4.52 Å². The van der Waals surface area contributed by atoms with Crippen molar-refractivity contribution in [3.05, 3.63) is 11.7 Å². The summed E-state index contributed by atoms with van der Waals surface area (Å²) in [5.41, 5.74) is 0. The first-order valence-corrected chi connectivity index (χ1v) is 8.03. The Balaban J connectivity index is 1.72. The van der Waals surface area contributed by atoms with Gasteiger partial charge >= 0.3 is 0 Å². The highest BCUT2D eigenvalue weighted by molar-refractivity contribution is 7.09. The molecule has 1 aliphatic heterocycles. The standard InChI is InChI=1S/C13H20N6OS/c1-4-10-14-13(21-17-10)19-7-5-6-9(8-19)11-15-12(16-20-11)18(2)3/h9H,4-8H2,1-3H3/t9-/m1/s1. The van der Waals surface area contributed by atoms with Crippen molar-refractivity contribution >= 4 is 22.6 Å². The SMILES string of the molecule is CCc1nsc(N2CCC[C@@H](c3nc(N(C)C)no3)C2)n1. The molecule has 2 aromatic rings. The van der Waals surface area contributed by atoms with E-state index in [1.54, 1.807) is 0 Å². The molecule has 3 rings (SSSR count). The summed E-state index contributed by atoms with van der Waals surface area (Å²) >= 11 is 1.48. The van der Waals surface area contributed by atoms with Gasteiger partial charge in [-0.15, -0.1) is 0 Å². The molecule has 0 saturated carbocycles. The molecule has 0 bridgehead atoms. The molecule has 0 radical (unpaired) electrons. The lowest BCUT2D eigenvalue weighted by atomic mass is 9.98. The van der Waals surface area contributed by atoms with Gasteiger partial charge in [0.05, 0.1) is 5.92 Å². The van der Waals surface area contributed by atoms with Gasteiger partial charge < -0.3 is 14.3 Å². The number of aromatic nitrogens is 4. The Hall–Kier alpha value is -1.70. The maximum atomic E-state index is 5.41. The summed E-state index contributed by atoms with van der Waals surface area (Å²) in [5.74, 6) is 2.55. The van der Waals surface area contributed by atoms with Crippen molar-refractivity contribution in [1.82, 2.24) is 19.5 Å². The minimum absolute atomic E-state index is 0.272. The van der Waals surface area contributed by atoms with Gasteiger partial charge in [0, 0.05) is 45.1 Å². The van der Waals surface area contributed by atoms with E-state index in [9.17, 15) is 0 Å². The summed E-state index contributed by atoms with van der Waals surface area (Å²) in [7, 11) is 3.82. The average molecular weight is 308 g/mol. The van der Waals surface area contributed by atoms with E-state index in [1.807, 2.05) is 19.0 Å². The fourth-order valence-electron chi connectivity index (χ4n) is 2.44. The van der Waals surface area contributed by atoms with Gasteiger partial charge in [0.15, 0.2) is 0 Å². The van der Waals surface area contributed by atoms with E-state index in [-0.39, 0.29) is 5.92 Å². The normalized spacial score (nSPS) is 19.0. The van der Waals surface area contributed by atoms with Crippen molar-refractivity contribution in [2.24, 2.45) is 0 Å². The van der Waals surface area contributed by atoms with Gasteiger partial charge in [0.1, 0.15) is 5.82 Å². The number of hydrogen-bond donors (Lipinski definition) is 0. The Labute approximate surface area is 128 Å². The Morgan fingerprint density at radius 2 is 2.24 bits per heavy atom. The molecule has 0 aromatic carbocycles. The van der Waals surface area contributed by atoms with Crippen molar-refractivity contribution in [3.63, 3.8) is 0 Å². The van der Waals surface area contributed by atoms with Gasteiger partial charge in [-0.1, -0.05) is 6.92 Å². The van der Waals surface area contributed by atoms with Crippen LogP contribution in [0.5, 0.6) is 0 Å². The third-order valence-electron chi connectivity index (χ3n) is 3.65. The van der Waals surface area contributed by atoms with Gasteiger partial charge in [-0.2, -0.15) is 9.36 Å². The molecular weight excluding hydrogens is 288 g/mol. The zero-order valence-corrected chi connectivity index (χ0v) is 13.4. The highest BCUT2D eigenvalue weighted by atomic mass is 32.1. The van der Waals surface area contributed by atoms with Crippen molar-refractivity contribution < 1.29 is 4.52 Å². The van der Waals surface area contributed by atoms with E-state index in [2.05, 4.69) is 31.3 Å². The van der Waals surface area contributed by atoms with E-state index in [1.165, 1.54) is 11.5 Å². The number of rotatable bonds is 4. The van der Waals surface area contributed by atoms with E-state index < -0.39 is 0 Å². The maximum Gasteiger partial charge on any atom is 0.265 e. The Morgan fingerprint density at radius 3 is 2.90 bits per heavy atom. The number of nitrogens with zero attached hydrogens (tertiary/aromatic N) is 6. The summed E-state index contributed by atoms with van der Waals surface area (Å²) in [6.45, 7) is 3.96. The highest BCUT2D eigenvalue weighted by Gasteiger charge is 2.28. The zero-order valence-electron chi connectivity index (χ0n) is 12.6. The second-order valence-corrected chi connectivity index (χ2v) is 6.19. The summed E-state index contributed by atoms with van der Waals surface area (Å²) in [6.07, 6.45) is 3.06. The summed E-state index contributed by atoms with van der Waals surface area (Å²) in [6, 6.07) is 0. The lowest BCUT2D eigenvalue weighted by molar-refractivity contribution is 0.333. The van der Waals surface area contributed by atoms with E-state index in [0.29, 0.717) is 5.95 Å². The van der Waals surface area contributed by atoms with Crippen LogP contribution in [0.1, 0.15) is 37.4 Å². The molecule has 0 unspecified atom stereocenters. The molecule has 0 aliphatic carbocycles. The fourth-order valence-corrected chi connectivity index (χ4v) is 3.23. The molecule has 3 heterocycles. The first-order valence-electron chi connectivity index (χ1n) is 7.25. The first-order chi connectivity index (χ1) is 10.2. The fraction of sp³-hybridized carbons (Fsp3) is 0.692. The lowest BCUT2D eigenvalue weighted by Crippen LogP contribution is -2.34. The smallest absolute Gasteiger partial charge is 0.265 e. The van der Waals surface area contributed by atoms with Crippen LogP contribution in [0.2, 0.25) is 0 Å². The molecule has 0 spiro atoms. The van der Waals surface area contributed by atoms with Crippen LogP contribution in [0, 0.1) is 0 Å². The topological polar surface area (TPSA) is 71.2 Å². The molecule has 114 valence electrons. The van der Waals surface area contributed by atoms with Gasteiger partial charge in [-0.3, -0.25) is 0 Å². The summed E-state index contributed by atoms with van der Waals surface area (Å²) < 4.78 is 9.78. The largest absolute Gasteiger partial charge is 0.346 e. The molecular formula is C13H20N6OS. The molecule has 0 N–H and O–H groups in total. The molecule has 0 amide bonds. The van der Waals surface area contributed by atoms with Crippen molar-refractivity contribution in [1.29, 1.82) is 0 Å². The minimum Gasteiger partial charge on any atom is -0.346 e. The molecule has 1 fully saturated rings. The van der Waals surface area contributed by atoms with Crippen LogP contribution in [0.3, 0.4) is 0 Å². The van der Waals surface area contributed by atoms with Crippen LogP contribution >= 0.6 is 11.5 Å². The van der Waals surface area contributed by atoms with Crippen LogP contribution in [-0.4, -0.2) is 46.7 Å².